The number of carbonyl (C=O) groups excluding carboxylic acids is 1. The molecule has 2 aliphatic rings. The third-order valence-electron chi connectivity index (χ3n) is 6.43. The van der Waals surface area contributed by atoms with E-state index in [2.05, 4.69) is 10.3 Å². The summed E-state index contributed by atoms with van der Waals surface area (Å²) in [6.07, 6.45) is -1.36. The molecule has 1 aromatic carbocycles. The zero-order valence-corrected chi connectivity index (χ0v) is 17.2. The van der Waals surface area contributed by atoms with Crippen molar-refractivity contribution >= 4 is 23.2 Å². The zero-order chi connectivity index (χ0) is 21.5. The average molecular weight is 439 g/mol. The van der Waals surface area contributed by atoms with Gasteiger partial charge in [-0.15, -0.1) is 0 Å². The lowest BCUT2D eigenvalue weighted by atomic mass is 9.66. The number of amides is 1. The van der Waals surface area contributed by atoms with Gasteiger partial charge in [0.05, 0.1) is 6.61 Å². The average Bonchev–Trinajstić information content (AvgIpc) is 3.07. The third-order valence-corrected chi connectivity index (χ3v) is 6.68. The van der Waals surface area contributed by atoms with Crippen molar-refractivity contribution in [3.63, 3.8) is 0 Å². The predicted octanol–water partition coefficient (Wildman–Crippen LogP) is 5.85. The van der Waals surface area contributed by atoms with Crippen LogP contribution in [0.25, 0.3) is 0 Å². The molecule has 2 heterocycles. The van der Waals surface area contributed by atoms with Crippen LogP contribution in [-0.4, -0.2) is 17.5 Å². The van der Waals surface area contributed by atoms with Gasteiger partial charge in [0.2, 0.25) is 11.8 Å². The van der Waals surface area contributed by atoms with Gasteiger partial charge in [0.15, 0.2) is 0 Å². The minimum atomic E-state index is -4.49. The maximum atomic E-state index is 12.9. The molecule has 0 unspecified atom stereocenters. The quantitative estimate of drug-likeness (QED) is 0.654. The zero-order valence-electron chi connectivity index (χ0n) is 16.4. The van der Waals surface area contributed by atoms with Gasteiger partial charge in [-0.2, -0.15) is 13.2 Å². The van der Waals surface area contributed by atoms with E-state index in [1.807, 2.05) is 6.92 Å². The predicted molar refractivity (Wildman–Crippen MR) is 108 cm³/mol. The Hall–Kier alpha value is -2.28. The van der Waals surface area contributed by atoms with Crippen molar-refractivity contribution in [2.75, 3.05) is 11.9 Å². The highest BCUT2D eigenvalue weighted by molar-refractivity contribution is 6.30. The van der Waals surface area contributed by atoms with Crippen LogP contribution in [0.1, 0.15) is 43.9 Å². The van der Waals surface area contributed by atoms with Crippen LogP contribution in [0.4, 0.5) is 18.9 Å². The second-order valence-electron chi connectivity index (χ2n) is 8.24. The molecule has 1 amide bonds. The van der Waals surface area contributed by atoms with Crippen molar-refractivity contribution in [3.05, 3.63) is 52.7 Å². The lowest BCUT2D eigenvalue weighted by Gasteiger charge is -2.38. The van der Waals surface area contributed by atoms with E-state index in [9.17, 15) is 18.0 Å². The second kappa shape index (κ2) is 7.76. The van der Waals surface area contributed by atoms with Crippen molar-refractivity contribution in [3.8, 4) is 5.88 Å². The fraction of sp³-hybridized carbons (Fsp3) is 0.455. The number of alkyl halides is 3. The number of pyridine rings is 1. The summed E-state index contributed by atoms with van der Waals surface area (Å²) in [5.41, 5.74) is 0.217. The van der Waals surface area contributed by atoms with Gasteiger partial charge < -0.3 is 10.1 Å². The summed E-state index contributed by atoms with van der Waals surface area (Å²) in [4.78, 5) is 16.3. The number of aromatic nitrogens is 1. The molecule has 2 aromatic rings. The lowest BCUT2D eigenvalue weighted by molar-refractivity contribution is -0.141. The van der Waals surface area contributed by atoms with Crippen LogP contribution in [0.2, 0.25) is 5.02 Å². The standard InChI is InChI=1S/C22H22ClF3N2O2/c1-13(19(29)27-16-4-2-15(23)3-5-16)14-8-10-21(11-9-14)12-30-20-17(21)6-7-18(28-20)22(24,25)26/h2-7,13-14H,8-12H2,1H3,(H,27,29)/t13-,14-,21+/m1/s1. The normalized spacial score (nSPS) is 24.2. The Morgan fingerprint density at radius 2 is 1.87 bits per heavy atom. The molecule has 1 aliphatic heterocycles. The lowest BCUT2D eigenvalue weighted by Crippen LogP contribution is -2.37. The van der Waals surface area contributed by atoms with E-state index in [1.54, 1.807) is 24.3 Å². The van der Waals surface area contributed by atoms with Gasteiger partial charge in [-0.05, 0) is 61.9 Å². The van der Waals surface area contributed by atoms with E-state index in [4.69, 9.17) is 16.3 Å². The molecular formula is C22H22ClF3N2O2. The minimum absolute atomic E-state index is 0.0437. The van der Waals surface area contributed by atoms with E-state index in [0.717, 1.165) is 37.3 Å². The van der Waals surface area contributed by atoms with Crippen LogP contribution in [0.3, 0.4) is 0 Å². The summed E-state index contributed by atoms with van der Waals surface area (Å²) < 4.78 is 44.3. The van der Waals surface area contributed by atoms with Crippen LogP contribution in [0.15, 0.2) is 36.4 Å². The molecule has 1 spiro atoms. The number of nitrogens with zero attached hydrogens (tertiary/aromatic N) is 1. The van der Waals surface area contributed by atoms with Crippen molar-refractivity contribution in [2.45, 2.75) is 44.2 Å². The van der Waals surface area contributed by atoms with Crippen LogP contribution < -0.4 is 10.1 Å². The number of fused-ring (bicyclic) bond motifs is 2. The first-order valence-electron chi connectivity index (χ1n) is 9.96. The Morgan fingerprint density at radius 3 is 2.50 bits per heavy atom. The van der Waals surface area contributed by atoms with Gasteiger partial charge >= 0.3 is 6.18 Å². The van der Waals surface area contributed by atoms with Crippen molar-refractivity contribution < 1.29 is 22.7 Å². The van der Waals surface area contributed by atoms with Gasteiger partial charge in [-0.25, -0.2) is 4.98 Å². The second-order valence-corrected chi connectivity index (χ2v) is 8.67. The van der Waals surface area contributed by atoms with Crippen LogP contribution in [-0.2, 0) is 16.4 Å². The van der Waals surface area contributed by atoms with Gasteiger partial charge in [0.25, 0.3) is 0 Å². The molecular weight excluding hydrogens is 417 g/mol. The fourth-order valence-corrected chi connectivity index (χ4v) is 4.63. The van der Waals surface area contributed by atoms with E-state index in [-0.39, 0.29) is 29.0 Å². The number of carbonyl (C=O) groups is 1. The minimum Gasteiger partial charge on any atom is -0.476 e. The molecule has 30 heavy (non-hydrogen) atoms. The van der Waals surface area contributed by atoms with Gasteiger partial charge in [0.1, 0.15) is 5.69 Å². The number of rotatable bonds is 3. The first-order valence-corrected chi connectivity index (χ1v) is 10.3. The SMILES string of the molecule is C[C@@H](C(=O)Nc1ccc(Cl)cc1)[C@H]1CC[C@@]2(CC1)COc1nc(C(F)(F)F)ccc12. The first kappa shape index (κ1) is 21.0. The molecule has 8 heteroatoms. The molecule has 160 valence electrons. The highest BCUT2D eigenvalue weighted by atomic mass is 35.5. The molecule has 0 radical (unpaired) electrons. The summed E-state index contributed by atoms with van der Waals surface area (Å²) in [6, 6.07) is 9.51. The highest BCUT2D eigenvalue weighted by Crippen LogP contribution is 2.50. The van der Waals surface area contributed by atoms with E-state index in [0.29, 0.717) is 17.3 Å². The summed E-state index contributed by atoms with van der Waals surface area (Å²) >= 11 is 5.88. The van der Waals surface area contributed by atoms with Crippen molar-refractivity contribution in [2.24, 2.45) is 11.8 Å². The van der Waals surface area contributed by atoms with Crippen molar-refractivity contribution in [1.29, 1.82) is 0 Å². The Kier molecular flexibility index (Phi) is 5.43. The summed E-state index contributed by atoms with van der Waals surface area (Å²) in [6.45, 7) is 2.26. The molecule has 0 saturated heterocycles. The van der Waals surface area contributed by atoms with E-state index >= 15 is 0 Å². The Morgan fingerprint density at radius 1 is 1.20 bits per heavy atom. The van der Waals surface area contributed by atoms with Gasteiger partial charge in [0, 0.05) is 27.6 Å². The number of halogens is 4. The topological polar surface area (TPSA) is 51.2 Å². The number of benzene rings is 1. The van der Waals surface area contributed by atoms with Crippen molar-refractivity contribution in [1.82, 2.24) is 4.98 Å². The maximum absolute atomic E-state index is 12.9. The Balaban J connectivity index is 1.41. The number of hydrogen-bond donors (Lipinski definition) is 1. The van der Waals surface area contributed by atoms with E-state index in [1.165, 1.54) is 6.07 Å². The van der Waals surface area contributed by atoms with Crippen LogP contribution in [0.5, 0.6) is 5.88 Å². The van der Waals surface area contributed by atoms with Gasteiger partial charge in [-0.1, -0.05) is 24.6 Å². The summed E-state index contributed by atoms with van der Waals surface area (Å²) in [5, 5.41) is 3.53. The Labute approximate surface area is 177 Å². The molecule has 1 atom stereocenters. The number of ether oxygens (including phenoxy) is 1. The molecule has 1 aromatic heterocycles. The molecule has 0 bridgehead atoms. The number of nitrogens with one attached hydrogen (secondary N) is 1. The van der Waals surface area contributed by atoms with Gasteiger partial charge in [-0.3, -0.25) is 4.79 Å². The van der Waals surface area contributed by atoms with E-state index < -0.39 is 11.9 Å². The molecule has 1 N–H and O–H groups in total. The highest BCUT2D eigenvalue weighted by Gasteiger charge is 2.46. The number of hydrogen-bond acceptors (Lipinski definition) is 3. The monoisotopic (exact) mass is 438 g/mol. The molecule has 1 fully saturated rings. The maximum Gasteiger partial charge on any atom is 0.433 e. The Bertz CT molecular complexity index is 938. The molecule has 1 aliphatic carbocycles. The molecule has 1 saturated carbocycles. The smallest absolute Gasteiger partial charge is 0.433 e. The number of anilines is 1. The van der Waals surface area contributed by atoms with Crippen LogP contribution >= 0.6 is 11.6 Å². The fourth-order valence-electron chi connectivity index (χ4n) is 4.51. The largest absolute Gasteiger partial charge is 0.476 e. The molecule has 4 rings (SSSR count). The third kappa shape index (κ3) is 4.00. The molecule has 4 nitrogen and oxygen atoms in total. The summed E-state index contributed by atoms with van der Waals surface area (Å²) in [5.74, 6) is 0.0783. The van der Waals surface area contributed by atoms with Crippen LogP contribution in [0, 0.1) is 11.8 Å². The summed E-state index contributed by atoms with van der Waals surface area (Å²) in [7, 11) is 0. The first-order chi connectivity index (χ1) is 14.2.